The van der Waals surface area contributed by atoms with Gasteiger partial charge < -0.3 is 44.0 Å². The number of aliphatic imine (C=N–C) groups is 1. The molecule has 5 aromatic rings. The zero-order valence-electron chi connectivity index (χ0n) is 45.4. The summed E-state index contributed by atoms with van der Waals surface area (Å²) in [5.74, 6) is 2.08. The predicted molar refractivity (Wildman–Crippen MR) is 301 cm³/mol. The Labute approximate surface area is 439 Å². The molecule has 73 heavy (non-hydrogen) atoms. The van der Waals surface area contributed by atoms with E-state index < -0.39 is 0 Å². The van der Waals surface area contributed by atoms with Crippen molar-refractivity contribution >= 4 is 46.6 Å². The molecule has 0 aromatic heterocycles. The molecule has 0 heterocycles. The fraction of sp³-hybridized carbons (Fsp3) is 0.450. The number of thioether (sulfide) groups is 1. The zero-order valence-corrected chi connectivity index (χ0v) is 46.3. The summed E-state index contributed by atoms with van der Waals surface area (Å²) in [4.78, 5) is 33.3. The van der Waals surface area contributed by atoms with Gasteiger partial charge in [-0.25, -0.2) is 0 Å². The summed E-state index contributed by atoms with van der Waals surface area (Å²) in [7, 11) is 4.85. The summed E-state index contributed by atoms with van der Waals surface area (Å²) in [5, 5.41) is 6.92. The number of carbonyl (C=O) groups is 2. The molecule has 0 aliphatic heterocycles. The Kier molecular flexibility index (Phi) is 23.2. The topological polar surface area (TPSA) is 129 Å². The van der Waals surface area contributed by atoms with Gasteiger partial charge in [0.1, 0.15) is 13.2 Å². The van der Waals surface area contributed by atoms with Gasteiger partial charge in [-0.1, -0.05) is 62.4 Å². The van der Waals surface area contributed by atoms with Gasteiger partial charge in [-0.2, -0.15) is 11.8 Å². The average Bonchev–Trinajstić information content (AvgIpc) is 3.37. The molecule has 2 N–H and O–H groups in total. The van der Waals surface area contributed by atoms with Crippen LogP contribution in [0.15, 0.2) is 96.0 Å². The highest BCUT2D eigenvalue weighted by Gasteiger charge is 2.23. The molecule has 1 unspecified atom stereocenters. The van der Waals surface area contributed by atoms with Crippen molar-refractivity contribution in [2.45, 2.75) is 86.2 Å². The van der Waals surface area contributed by atoms with Crippen LogP contribution in [0.2, 0.25) is 0 Å². The second-order valence-electron chi connectivity index (χ2n) is 19.5. The van der Waals surface area contributed by atoms with Crippen molar-refractivity contribution in [3.05, 3.63) is 136 Å². The van der Waals surface area contributed by atoms with E-state index >= 15 is 0 Å². The third-order valence-corrected chi connectivity index (χ3v) is 14.0. The van der Waals surface area contributed by atoms with Crippen LogP contribution in [-0.4, -0.2) is 103 Å². The largest absolute Gasteiger partial charge is 0.493 e. The second kappa shape index (κ2) is 29.1. The molecule has 0 aliphatic carbocycles. The van der Waals surface area contributed by atoms with Gasteiger partial charge in [0, 0.05) is 85.4 Å². The maximum atomic E-state index is 13.0. The zero-order chi connectivity index (χ0) is 52.9. The molecule has 0 saturated heterocycles. The SMILES string of the molecule is COCCNCCOCCN(CC(C)(C)SC)c1cc(COc2cc(/N=C\C(C)Cc3ccccc3C)c(C(C)=O)cc2OC)cc(COc2cc(NC[C@@H](C)Cc3ccccc3C)c(C(C)=O)cc2OC)c1. The minimum absolute atomic E-state index is 0.0741. The van der Waals surface area contributed by atoms with E-state index in [0.717, 1.165) is 49.3 Å². The molecule has 0 saturated carbocycles. The lowest BCUT2D eigenvalue weighted by Crippen LogP contribution is -2.39. The second-order valence-corrected chi connectivity index (χ2v) is 21.0. The summed E-state index contributed by atoms with van der Waals surface area (Å²) in [6.45, 7) is 21.8. The van der Waals surface area contributed by atoms with Crippen molar-refractivity contribution in [3.63, 3.8) is 0 Å². The number of rotatable bonds is 32. The molecule has 12 nitrogen and oxygen atoms in total. The number of hydrogen-bond donors (Lipinski definition) is 2. The van der Waals surface area contributed by atoms with Gasteiger partial charge in [-0.05, 0) is 136 Å². The predicted octanol–water partition coefficient (Wildman–Crippen LogP) is 12.0. The minimum atomic E-state index is -0.122. The molecule has 5 rings (SSSR count). The molecule has 0 aliphatic rings. The van der Waals surface area contributed by atoms with Crippen molar-refractivity contribution < 1.29 is 38.0 Å². The first kappa shape index (κ1) is 58.0. The van der Waals surface area contributed by atoms with Crippen LogP contribution < -0.4 is 34.5 Å². The summed E-state index contributed by atoms with van der Waals surface area (Å²) in [6, 6.07) is 30.3. The number of aryl methyl sites for hydroxylation is 2. The van der Waals surface area contributed by atoms with Crippen molar-refractivity contribution in [2.75, 3.05) is 90.3 Å². The summed E-state index contributed by atoms with van der Waals surface area (Å²) in [6.07, 6.45) is 5.76. The molecule has 0 fully saturated rings. The summed E-state index contributed by atoms with van der Waals surface area (Å²) in [5.41, 5.74) is 10.0. The quantitative estimate of drug-likeness (QED) is 0.0242. The number of nitrogens with zero attached hydrogens (tertiary/aromatic N) is 2. The number of benzene rings is 5. The number of hydrogen-bond acceptors (Lipinski definition) is 13. The van der Waals surface area contributed by atoms with E-state index in [0.29, 0.717) is 84.3 Å². The Hall–Kier alpha value is -5.86. The Balaban J connectivity index is 1.47. The van der Waals surface area contributed by atoms with Gasteiger partial charge in [0.2, 0.25) is 0 Å². The fourth-order valence-corrected chi connectivity index (χ4v) is 8.74. The molecule has 2 atom stereocenters. The lowest BCUT2D eigenvalue weighted by atomic mass is 9.97. The number of methoxy groups -OCH3 is 3. The number of ether oxygens (including phenoxy) is 6. The molecule has 5 aromatic carbocycles. The van der Waals surface area contributed by atoms with Crippen LogP contribution in [0, 0.1) is 25.7 Å². The fourth-order valence-electron chi connectivity index (χ4n) is 8.46. The standard InChI is InChI=1S/C60H80N4O8S/c1-41(27-49-19-15-13-17-43(49)3)36-62-54-34-58(56(68-10)32-52(54)45(5)65)71-38-47-29-48(31-51(30-47)64(40-60(7,8)73-12)23-26-70-25-22-61-21-24-67-9)39-72-59-35-55(53(46(6)66)33-57(59)69-11)63-37-42(2)28-50-20-16-14-18-44(50)4/h13-20,29-36,41-42,61,63H,21-28,37-40H2,1-12H3/b62-36-/t41?,42-/m0/s1. The monoisotopic (exact) mass is 1020 g/mol. The Morgan fingerprint density at radius 1 is 0.726 bits per heavy atom. The third-order valence-electron chi connectivity index (χ3n) is 12.8. The first-order valence-electron chi connectivity index (χ1n) is 25.3. The van der Waals surface area contributed by atoms with Crippen LogP contribution in [0.5, 0.6) is 23.0 Å². The molecule has 0 spiro atoms. The number of anilines is 2. The van der Waals surface area contributed by atoms with E-state index in [9.17, 15) is 9.59 Å². The van der Waals surface area contributed by atoms with Crippen molar-refractivity contribution in [1.29, 1.82) is 0 Å². The van der Waals surface area contributed by atoms with Gasteiger partial charge in [0.05, 0.1) is 39.7 Å². The number of Topliss-reactive ketones (excluding diaryl/α,β-unsaturated/α-hetero) is 2. The molecular formula is C60H80N4O8S. The highest BCUT2D eigenvalue weighted by Crippen LogP contribution is 2.38. The number of carbonyl (C=O) groups excluding carboxylic acids is 2. The van der Waals surface area contributed by atoms with E-state index in [-0.39, 0.29) is 35.4 Å². The molecule has 0 radical (unpaired) electrons. The van der Waals surface area contributed by atoms with E-state index in [1.165, 1.54) is 29.2 Å². The Morgan fingerprint density at radius 3 is 1.88 bits per heavy atom. The van der Waals surface area contributed by atoms with Crippen LogP contribution >= 0.6 is 11.8 Å². The van der Waals surface area contributed by atoms with Gasteiger partial charge in [0.15, 0.2) is 34.6 Å². The number of ketones is 2. The minimum Gasteiger partial charge on any atom is -0.493 e. The third kappa shape index (κ3) is 18.2. The first-order valence-corrected chi connectivity index (χ1v) is 26.6. The lowest BCUT2D eigenvalue weighted by molar-refractivity contribution is 0.100. The maximum absolute atomic E-state index is 13.0. The number of nitrogens with one attached hydrogen (secondary N) is 2. The smallest absolute Gasteiger partial charge is 0.163 e. The first-order chi connectivity index (χ1) is 35.0. The van der Waals surface area contributed by atoms with E-state index in [1.807, 2.05) is 30.1 Å². The lowest BCUT2D eigenvalue weighted by Gasteiger charge is -2.33. The van der Waals surface area contributed by atoms with E-state index in [2.05, 4.69) is 124 Å². The molecule has 13 heteroatoms. The average molecular weight is 1020 g/mol. The molecule has 0 bridgehead atoms. The Bertz CT molecular complexity index is 2600. The van der Waals surface area contributed by atoms with Gasteiger partial charge in [-0.15, -0.1) is 0 Å². The van der Waals surface area contributed by atoms with Crippen LogP contribution in [0.3, 0.4) is 0 Å². The normalized spacial score (nSPS) is 12.4. The van der Waals surface area contributed by atoms with Crippen LogP contribution in [0.25, 0.3) is 0 Å². The van der Waals surface area contributed by atoms with Crippen LogP contribution in [-0.2, 0) is 35.5 Å². The van der Waals surface area contributed by atoms with E-state index in [1.54, 1.807) is 46.5 Å². The molecule has 0 amide bonds. The summed E-state index contributed by atoms with van der Waals surface area (Å²) >= 11 is 1.81. The van der Waals surface area contributed by atoms with Crippen molar-refractivity contribution in [3.8, 4) is 23.0 Å². The van der Waals surface area contributed by atoms with Gasteiger partial charge >= 0.3 is 0 Å². The van der Waals surface area contributed by atoms with Crippen LogP contribution in [0.4, 0.5) is 17.1 Å². The van der Waals surface area contributed by atoms with Gasteiger partial charge in [-0.3, -0.25) is 14.6 Å². The van der Waals surface area contributed by atoms with Crippen molar-refractivity contribution in [2.24, 2.45) is 16.8 Å². The Morgan fingerprint density at radius 2 is 1.30 bits per heavy atom. The van der Waals surface area contributed by atoms with Crippen molar-refractivity contribution in [1.82, 2.24) is 5.32 Å². The summed E-state index contributed by atoms with van der Waals surface area (Å²) < 4.78 is 36.2. The highest BCUT2D eigenvalue weighted by atomic mass is 32.2. The van der Waals surface area contributed by atoms with E-state index in [4.69, 9.17) is 33.4 Å². The molecular weight excluding hydrogens is 937 g/mol. The highest BCUT2D eigenvalue weighted by molar-refractivity contribution is 7.99. The molecule has 394 valence electrons. The van der Waals surface area contributed by atoms with Crippen LogP contribution in [0.1, 0.15) is 95.6 Å². The van der Waals surface area contributed by atoms with Gasteiger partial charge in [0.25, 0.3) is 0 Å². The maximum Gasteiger partial charge on any atom is 0.163 e.